The molecule has 2 spiro atoms. The fourth-order valence-electron chi connectivity index (χ4n) is 4.38. The molecule has 0 amide bonds. The van der Waals surface area contributed by atoms with Gasteiger partial charge in [-0.05, 0) is 31.2 Å². The second kappa shape index (κ2) is 7.12. The van der Waals surface area contributed by atoms with Crippen molar-refractivity contribution in [2.45, 2.75) is 75.5 Å². The Kier molecular flexibility index (Phi) is 4.90. The van der Waals surface area contributed by atoms with E-state index in [1.54, 1.807) is 0 Å². The topological polar surface area (TPSA) is 39.7 Å². The molecule has 3 heterocycles. The Balaban J connectivity index is 1.47. The molecule has 3 fully saturated rings. The number of ether oxygens (including phenoxy) is 3. The standard InChI is InChI=1S/C20H29NO3/c1-2-8-17(9-3-1)16-21-18-14-19(10-4-6-12-22-19)24-20(15-18)11-5-7-13-23-20/h1-3,8-9,18,21H,4-7,10-16H2/t18?,19-,20+. The van der Waals surface area contributed by atoms with Crippen molar-refractivity contribution in [2.24, 2.45) is 0 Å². The lowest BCUT2D eigenvalue weighted by molar-refractivity contribution is -0.400. The van der Waals surface area contributed by atoms with Crippen molar-refractivity contribution in [3.05, 3.63) is 35.9 Å². The van der Waals surface area contributed by atoms with E-state index in [0.717, 1.165) is 58.3 Å². The van der Waals surface area contributed by atoms with Gasteiger partial charge in [0.1, 0.15) is 0 Å². The van der Waals surface area contributed by atoms with Crippen LogP contribution in [0.1, 0.15) is 56.9 Å². The lowest BCUT2D eigenvalue weighted by Crippen LogP contribution is -2.60. The minimum atomic E-state index is -0.442. The van der Waals surface area contributed by atoms with Crippen LogP contribution in [0.5, 0.6) is 0 Å². The Bertz CT molecular complexity index is 495. The van der Waals surface area contributed by atoms with Gasteiger partial charge < -0.3 is 19.5 Å². The monoisotopic (exact) mass is 331 g/mol. The first-order chi connectivity index (χ1) is 11.8. The van der Waals surface area contributed by atoms with Crippen LogP contribution >= 0.6 is 0 Å². The molecule has 4 heteroatoms. The molecule has 0 aromatic heterocycles. The van der Waals surface area contributed by atoms with Crippen molar-refractivity contribution in [2.75, 3.05) is 13.2 Å². The zero-order chi connectivity index (χ0) is 16.3. The van der Waals surface area contributed by atoms with Crippen LogP contribution in [-0.2, 0) is 20.8 Å². The Morgan fingerprint density at radius 1 is 0.875 bits per heavy atom. The Labute approximate surface area is 144 Å². The maximum Gasteiger partial charge on any atom is 0.173 e. The van der Waals surface area contributed by atoms with Gasteiger partial charge in [0.15, 0.2) is 11.6 Å². The van der Waals surface area contributed by atoms with Crippen LogP contribution in [0.15, 0.2) is 30.3 Å². The molecule has 24 heavy (non-hydrogen) atoms. The summed E-state index contributed by atoms with van der Waals surface area (Å²) in [4.78, 5) is 0. The molecule has 0 saturated carbocycles. The molecule has 0 radical (unpaired) electrons. The van der Waals surface area contributed by atoms with Gasteiger partial charge in [0.2, 0.25) is 0 Å². The molecule has 3 aliphatic heterocycles. The molecule has 3 saturated heterocycles. The fraction of sp³-hybridized carbons (Fsp3) is 0.700. The summed E-state index contributed by atoms with van der Waals surface area (Å²) in [5, 5.41) is 3.74. The van der Waals surface area contributed by atoms with Gasteiger partial charge in [-0.2, -0.15) is 0 Å². The number of hydrogen-bond acceptors (Lipinski definition) is 4. The highest BCUT2D eigenvalue weighted by Crippen LogP contribution is 2.45. The maximum absolute atomic E-state index is 6.54. The molecule has 0 bridgehead atoms. The molecule has 4 rings (SSSR count). The summed E-state index contributed by atoms with van der Waals surface area (Å²) in [7, 11) is 0. The molecule has 3 atom stereocenters. The lowest BCUT2D eigenvalue weighted by atomic mass is 9.86. The van der Waals surface area contributed by atoms with Crippen LogP contribution < -0.4 is 5.32 Å². The third-order valence-corrected chi connectivity index (χ3v) is 5.56. The molecular weight excluding hydrogens is 302 g/mol. The molecular formula is C20H29NO3. The van der Waals surface area contributed by atoms with E-state index < -0.39 is 11.6 Å². The predicted octanol–water partition coefficient (Wildman–Crippen LogP) is 3.75. The highest BCUT2D eigenvalue weighted by molar-refractivity contribution is 5.14. The summed E-state index contributed by atoms with van der Waals surface area (Å²) in [5.74, 6) is -0.885. The van der Waals surface area contributed by atoms with E-state index in [0.29, 0.717) is 6.04 Å². The van der Waals surface area contributed by atoms with Gasteiger partial charge >= 0.3 is 0 Å². The average molecular weight is 331 g/mol. The average Bonchev–Trinajstić information content (AvgIpc) is 2.62. The molecule has 3 aliphatic rings. The van der Waals surface area contributed by atoms with Gasteiger partial charge in [-0.15, -0.1) is 0 Å². The lowest BCUT2D eigenvalue weighted by Gasteiger charge is -2.52. The molecule has 4 nitrogen and oxygen atoms in total. The SMILES string of the molecule is c1ccc(CNC2C[C@]3(CCCCO3)O[C@]3(CCCCO3)C2)cc1. The quantitative estimate of drug-likeness (QED) is 0.916. The minimum Gasteiger partial charge on any atom is -0.350 e. The molecule has 1 N–H and O–H groups in total. The van der Waals surface area contributed by atoms with Crippen LogP contribution in [0.25, 0.3) is 0 Å². The number of rotatable bonds is 3. The predicted molar refractivity (Wildman–Crippen MR) is 92.5 cm³/mol. The molecule has 1 unspecified atom stereocenters. The van der Waals surface area contributed by atoms with Gasteiger partial charge in [-0.25, -0.2) is 0 Å². The van der Waals surface area contributed by atoms with E-state index in [1.807, 2.05) is 0 Å². The van der Waals surface area contributed by atoms with E-state index in [1.165, 1.54) is 18.4 Å². The van der Waals surface area contributed by atoms with Gasteiger partial charge in [-0.1, -0.05) is 30.3 Å². The molecule has 132 valence electrons. The van der Waals surface area contributed by atoms with E-state index in [2.05, 4.69) is 35.6 Å². The zero-order valence-electron chi connectivity index (χ0n) is 14.5. The summed E-state index contributed by atoms with van der Waals surface area (Å²) < 4.78 is 18.9. The van der Waals surface area contributed by atoms with E-state index in [9.17, 15) is 0 Å². The van der Waals surface area contributed by atoms with E-state index >= 15 is 0 Å². The second-order valence-electron chi connectivity index (χ2n) is 7.51. The van der Waals surface area contributed by atoms with Crippen molar-refractivity contribution in [3.8, 4) is 0 Å². The normalized spacial score (nSPS) is 36.9. The van der Waals surface area contributed by atoms with Crippen molar-refractivity contribution in [1.29, 1.82) is 0 Å². The number of benzene rings is 1. The maximum atomic E-state index is 6.54. The van der Waals surface area contributed by atoms with Crippen molar-refractivity contribution in [1.82, 2.24) is 5.32 Å². The third-order valence-electron chi connectivity index (χ3n) is 5.56. The summed E-state index contributed by atoms with van der Waals surface area (Å²) in [6.45, 7) is 2.50. The van der Waals surface area contributed by atoms with Crippen LogP contribution in [0, 0.1) is 0 Å². The van der Waals surface area contributed by atoms with Gasteiger partial charge in [0.05, 0.1) is 13.2 Å². The fourth-order valence-corrected chi connectivity index (χ4v) is 4.38. The van der Waals surface area contributed by atoms with E-state index in [-0.39, 0.29) is 0 Å². The first kappa shape index (κ1) is 16.5. The number of nitrogens with one attached hydrogen (secondary N) is 1. The van der Waals surface area contributed by atoms with Crippen LogP contribution in [0.2, 0.25) is 0 Å². The highest BCUT2D eigenvalue weighted by Gasteiger charge is 2.51. The highest BCUT2D eigenvalue weighted by atomic mass is 16.8. The molecule has 1 aromatic carbocycles. The van der Waals surface area contributed by atoms with Crippen molar-refractivity contribution < 1.29 is 14.2 Å². The zero-order valence-corrected chi connectivity index (χ0v) is 14.5. The second-order valence-corrected chi connectivity index (χ2v) is 7.51. The minimum absolute atomic E-state index is 0.371. The summed E-state index contributed by atoms with van der Waals surface area (Å²) in [6, 6.07) is 11.0. The van der Waals surface area contributed by atoms with E-state index in [4.69, 9.17) is 14.2 Å². The van der Waals surface area contributed by atoms with Gasteiger partial charge in [-0.3, -0.25) is 0 Å². The summed E-state index contributed by atoms with van der Waals surface area (Å²) in [5.41, 5.74) is 1.32. The molecule has 0 aliphatic carbocycles. The summed E-state index contributed by atoms with van der Waals surface area (Å²) in [6.07, 6.45) is 8.46. The van der Waals surface area contributed by atoms with Crippen molar-refractivity contribution in [3.63, 3.8) is 0 Å². The molecule has 1 aromatic rings. The van der Waals surface area contributed by atoms with Crippen LogP contribution in [0.4, 0.5) is 0 Å². The van der Waals surface area contributed by atoms with Crippen LogP contribution in [0.3, 0.4) is 0 Å². The number of hydrogen-bond donors (Lipinski definition) is 1. The van der Waals surface area contributed by atoms with Crippen molar-refractivity contribution >= 4 is 0 Å². The van der Waals surface area contributed by atoms with Gasteiger partial charge in [0, 0.05) is 38.3 Å². The summed E-state index contributed by atoms with van der Waals surface area (Å²) >= 11 is 0. The Hall–Kier alpha value is -0.940. The van der Waals surface area contributed by atoms with Crippen LogP contribution in [-0.4, -0.2) is 30.8 Å². The van der Waals surface area contributed by atoms with Gasteiger partial charge in [0.25, 0.3) is 0 Å². The largest absolute Gasteiger partial charge is 0.350 e. The Morgan fingerprint density at radius 2 is 1.50 bits per heavy atom. The Morgan fingerprint density at radius 3 is 2.04 bits per heavy atom. The first-order valence-electron chi connectivity index (χ1n) is 9.53. The third kappa shape index (κ3) is 3.67. The smallest absolute Gasteiger partial charge is 0.173 e. The first-order valence-corrected chi connectivity index (χ1v) is 9.53.